The van der Waals surface area contributed by atoms with Crippen LogP contribution in [0.5, 0.6) is 5.75 Å². The lowest BCUT2D eigenvalue weighted by atomic mass is 10.1. The molecule has 128 valence electrons. The van der Waals surface area contributed by atoms with Gasteiger partial charge in [-0.15, -0.1) is 12.4 Å². The van der Waals surface area contributed by atoms with E-state index in [2.05, 4.69) is 5.32 Å². The van der Waals surface area contributed by atoms with Gasteiger partial charge >= 0.3 is 0 Å². The molecule has 1 amide bonds. The van der Waals surface area contributed by atoms with Crippen LogP contribution in [0.15, 0.2) is 48.5 Å². The summed E-state index contributed by atoms with van der Waals surface area (Å²) in [5.74, 6) is 0.107. The number of halogens is 2. The number of hydrogen-bond donors (Lipinski definition) is 2. The molecule has 3 rings (SSSR count). The maximum absolute atomic E-state index is 13.5. The van der Waals surface area contributed by atoms with E-state index in [-0.39, 0.29) is 42.8 Å². The average molecular weight is 351 g/mol. The van der Waals surface area contributed by atoms with Crippen LogP contribution in [0.1, 0.15) is 30.0 Å². The Kier molecular flexibility index (Phi) is 6.17. The molecule has 0 radical (unpaired) electrons. The highest BCUT2D eigenvalue weighted by Crippen LogP contribution is 2.28. The minimum atomic E-state index is -0.308. The highest BCUT2D eigenvalue weighted by molar-refractivity contribution is 5.85. The first-order chi connectivity index (χ1) is 11.1. The first kappa shape index (κ1) is 18.2. The summed E-state index contributed by atoms with van der Waals surface area (Å²) >= 11 is 0. The van der Waals surface area contributed by atoms with Crippen molar-refractivity contribution in [2.75, 3.05) is 0 Å². The topological polar surface area (TPSA) is 64.4 Å². The first-order valence-electron chi connectivity index (χ1n) is 7.65. The maximum atomic E-state index is 13.5. The van der Waals surface area contributed by atoms with Gasteiger partial charge in [0.25, 0.3) is 0 Å². The molecule has 2 aromatic rings. The summed E-state index contributed by atoms with van der Waals surface area (Å²) in [6, 6.07) is 14.1. The van der Waals surface area contributed by atoms with Crippen LogP contribution in [-0.2, 0) is 11.4 Å². The van der Waals surface area contributed by atoms with Crippen molar-refractivity contribution in [2.45, 2.75) is 31.5 Å². The van der Waals surface area contributed by atoms with Crippen molar-refractivity contribution in [3.63, 3.8) is 0 Å². The fourth-order valence-corrected chi connectivity index (χ4v) is 2.80. The Morgan fingerprint density at radius 1 is 1.17 bits per heavy atom. The maximum Gasteiger partial charge on any atom is 0.234 e. The van der Waals surface area contributed by atoms with E-state index in [0.29, 0.717) is 11.3 Å². The van der Waals surface area contributed by atoms with Gasteiger partial charge in [-0.25, -0.2) is 4.39 Å². The van der Waals surface area contributed by atoms with Crippen LogP contribution < -0.4 is 15.8 Å². The molecule has 0 saturated carbocycles. The van der Waals surface area contributed by atoms with E-state index in [9.17, 15) is 9.18 Å². The Morgan fingerprint density at radius 2 is 1.88 bits per heavy atom. The lowest BCUT2D eigenvalue weighted by molar-refractivity contribution is -0.119. The summed E-state index contributed by atoms with van der Waals surface area (Å²) in [7, 11) is 0. The molecule has 4 nitrogen and oxygen atoms in total. The van der Waals surface area contributed by atoms with Crippen LogP contribution in [0.25, 0.3) is 0 Å². The second-order valence-corrected chi connectivity index (χ2v) is 5.70. The molecule has 6 heteroatoms. The van der Waals surface area contributed by atoms with Gasteiger partial charge < -0.3 is 10.5 Å². The molecular weight excluding hydrogens is 331 g/mol. The van der Waals surface area contributed by atoms with Crippen molar-refractivity contribution in [2.24, 2.45) is 5.73 Å². The number of nitrogens with one attached hydrogen (secondary N) is 1. The highest BCUT2D eigenvalue weighted by Gasteiger charge is 2.28. The minimum absolute atomic E-state index is 0. The van der Waals surface area contributed by atoms with Crippen molar-refractivity contribution >= 4 is 18.3 Å². The third kappa shape index (κ3) is 4.24. The normalized spacial score (nSPS) is 19.5. The summed E-state index contributed by atoms with van der Waals surface area (Å²) in [4.78, 5) is 11.2. The van der Waals surface area contributed by atoms with Crippen molar-refractivity contribution in [3.8, 4) is 5.75 Å². The van der Waals surface area contributed by atoms with E-state index in [1.165, 1.54) is 6.07 Å². The highest BCUT2D eigenvalue weighted by atomic mass is 35.5. The largest absolute Gasteiger partial charge is 0.489 e. The zero-order chi connectivity index (χ0) is 16.2. The van der Waals surface area contributed by atoms with E-state index < -0.39 is 0 Å². The van der Waals surface area contributed by atoms with Crippen LogP contribution in [0.4, 0.5) is 4.39 Å². The van der Waals surface area contributed by atoms with Gasteiger partial charge in [0.1, 0.15) is 18.2 Å². The Balaban J connectivity index is 0.00000208. The van der Waals surface area contributed by atoms with E-state index in [0.717, 1.165) is 18.4 Å². The van der Waals surface area contributed by atoms with Crippen molar-refractivity contribution in [1.82, 2.24) is 5.32 Å². The van der Waals surface area contributed by atoms with Crippen molar-refractivity contribution < 1.29 is 13.9 Å². The standard InChI is InChI=1S/C18H19FN2O2.ClH/c19-15-4-2-1-3-13(15)11-23-14-7-5-12(6-8-14)16-9-10-17(21-16)18(20)22;/h1-8,16-17,21H,9-11H2,(H2,20,22);1H/t16-,17?;/m1./s1. The van der Waals surface area contributed by atoms with Gasteiger partial charge in [-0.1, -0.05) is 30.3 Å². The molecule has 1 unspecified atom stereocenters. The van der Waals surface area contributed by atoms with Gasteiger partial charge in [-0.2, -0.15) is 0 Å². The zero-order valence-corrected chi connectivity index (χ0v) is 13.9. The summed E-state index contributed by atoms with van der Waals surface area (Å²) in [6.07, 6.45) is 1.63. The van der Waals surface area contributed by atoms with Crippen molar-refractivity contribution in [1.29, 1.82) is 0 Å². The lowest BCUT2D eigenvalue weighted by Crippen LogP contribution is -2.37. The lowest BCUT2D eigenvalue weighted by Gasteiger charge is -2.13. The number of ether oxygens (including phenoxy) is 1. The first-order valence-corrected chi connectivity index (χ1v) is 7.65. The molecule has 1 aliphatic heterocycles. The molecule has 1 saturated heterocycles. The molecule has 1 aliphatic rings. The molecular formula is C18H20ClFN2O2. The zero-order valence-electron chi connectivity index (χ0n) is 13.1. The minimum Gasteiger partial charge on any atom is -0.489 e. The number of primary amides is 1. The summed E-state index contributed by atoms with van der Waals surface area (Å²) in [5, 5.41) is 3.23. The molecule has 2 aromatic carbocycles. The number of benzene rings is 2. The third-order valence-electron chi connectivity index (χ3n) is 4.12. The van der Waals surface area contributed by atoms with E-state index in [1.54, 1.807) is 18.2 Å². The number of carbonyl (C=O) groups excluding carboxylic acids is 1. The number of amides is 1. The Labute approximate surface area is 146 Å². The predicted octanol–water partition coefficient (Wildman–Crippen LogP) is 3.10. The van der Waals surface area contributed by atoms with Gasteiger partial charge in [0.05, 0.1) is 6.04 Å². The van der Waals surface area contributed by atoms with E-state index >= 15 is 0 Å². The number of carbonyl (C=O) groups is 1. The smallest absolute Gasteiger partial charge is 0.234 e. The molecule has 24 heavy (non-hydrogen) atoms. The van der Waals surface area contributed by atoms with Crippen LogP contribution >= 0.6 is 12.4 Å². The second kappa shape index (κ2) is 8.13. The van der Waals surface area contributed by atoms with Crippen LogP contribution in [0.2, 0.25) is 0 Å². The van der Waals surface area contributed by atoms with Crippen LogP contribution in [-0.4, -0.2) is 11.9 Å². The molecule has 0 bridgehead atoms. The molecule has 0 aliphatic carbocycles. The number of hydrogen-bond acceptors (Lipinski definition) is 3. The summed E-state index contributed by atoms with van der Waals surface area (Å²) in [6.45, 7) is 0.192. The molecule has 1 fully saturated rings. The molecule has 0 spiro atoms. The fourth-order valence-electron chi connectivity index (χ4n) is 2.80. The van der Waals surface area contributed by atoms with Crippen molar-refractivity contribution in [3.05, 3.63) is 65.5 Å². The third-order valence-corrected chi connectivity index (χ3v) is 4.12. The van der Waals surface area contributed by atoms with Crippen LogP contribution in [0, 0.1) is 5.82 Å². The SMILES string of the molecule is Cl.NC(=O)C1CC[C@H](c2ccc(OCc3ccccc3F)cc2)N1. The van der Waals surface area contributed by atoms with Gasteiger partial charge in [-0.3, -0.25) is 10.1 Å². The molecule has 1 heterocycles. The average Bonchev–Trinajstić information content (AvgIpc) is 3.05. The monoisotopic (exact) mass is 350 g/mol. The van der Waals surface area contributed by atoms with Gasteiger partial charge in [0.2, 0.25) is 5.91 Å². The Morgan fingerprint density at radius 3 is 2.50 bits per heavy atom. The fraction of sp³-hybridized carbons (Fsp3) is 0.278. The van der Waals surface area contributed by atoms with E-state index in [4.69, 9.17) is 10.5 Å². The molecule has 2 atom stereocenters. The van der Waals surface area contributed by atoms with E-state index in [1.807, 2.05) is 24.3 Å². The predicted molar refractivity (Wildman–Crippen MR) is 92.5 cm³/mol. The Hall–Kier alpha value is -2.11. The summed E-state index contributed by atoms with van der Waals surface area (Å²) < 4.78 is 19.2. The Bertz CT molecular complexity index is 694. The quantitative estimate of drug-likeness (QED) is 0.870. The van der Waals surface area contributed by atoms with Gasteiger partial charge in [0, 0.05) is 11.6 Å². The summed E-state index contributed by atoms with van der Waals surface area (Å²) in [5.41, 5.74) is 6.93. The van der Waals surface area contributed by atoms with Gasteiger partial charge in [0.15, 0.2) is 0 Å². The van der Waals surface area contributed by atoms with Gasteiger partial charge in [-0.05, 0) is 36.6 Å². The number of rotatable bonds is 5. The number of nitrogens with two attached hydrogens (primary N) is 1. The second-order valence-electron chi connectivity index (χ2n) is 5.70. The molecule has 0 aromatic heterocycles. The van der Waals surface area contributed by atoms with Crippen LogP contribution in [0.3, 0.4) is 0 Å². The molecule has 3 N–H and O–H groups in total.